The fourth-order valence-electron chi connectivity index (χ4n) is 16.5. The molecule has 0 fully saturated rings. The predicted octanol–water partition coefficient (Wildman–Crippen LogP) is 29.1. The average Bonchev–Trinajstić information content (AvgIpc) is 1.58. The molecule has 8 heterocycles. The zero-order chi connectivity index (χ0) is 83.4. The summed E-state index contributed by atoms with van der Waals surface area (Å²) in [6.07, 6.45) is 1.80. The average molecular weight is 1670 g/mol. The number of benzene rings is 17. The summed E-state index contributed by atoms with van der Waals surface area (Å²) in [5, 5.41) is 17.1. The van der Waals surface area contributed by atoms with Crippen molar-refractivity contribution in [2.45, 2.75) is 0 Å². The third-order valence-electron chi connectivity index (χ3n) is 22.7. The Morgan fingerprint density at radius 1 is 0.198 bits per heavy atom. The number of thiophene rings is 1. The summed E-state index contributed by atoms with van der Waals surface area (Å²) in [4.78, 5) is 60.1. The van der Waals surface area contributed by atoms with Gasteiger partial charge in [0.1, 0.15) is 21.2 Å². The Bertz CT molecular complexity index is 8300. The summed E-state index contributed by atoms with van der Waals surface area (Å²) in [5.74, 6) is 5.83. The Hall–Kier alpha value is -16.2. The van der Waals surface area contributed by atoms with Gasteiger partial charge in [-0.1, -0.05) is 322 Å². The lowest BCUT2D eigenvalue weighted by Gasteiger charge is -2.09. The number of nitrogens with zero attached hydrogens (tertiary/aromatic N) is 12. The SMILES string of the molecule is c1ccc(-c2nc(-c3ccccc3)nc(-c3ccc4ccc5sc(-c6cc7ccccc7c7ccccc67)cc5c4c3)n2)cc1.c1ccc(-c2nc(-c3ccccc3)nc(-c3ccc4ccc5sc(-c6cccc7c6oc6ccccc67)nc5c4c3)n2)cc1.c1ccc(-c2nc(-c3ccccc3)nc(-c3ccc4ccc5sc(-c6ccccn6)nc5c4c3)n2)cc1. The third kappa shape index (κ3) is 14.3. The second-order valence-electron chi connectivity index (χ2n) is 30.6. The van der Waals surface area contributed by atoms with Gasteiger partial charge in [-0.15, -0.1) is 34.0 Å². The molecule has 0 atom stereocenters. The minimum Gasteiger partial charge on any atom is -0.455 e. The molecule has 8 aromatic heterocycles. The lowest BCUT2D eigenvalue weighted by atomic mass is 9.96. The fraction of sp³-hybridized carbons (Fsp3) is 0. The lowest BCUT2D eigenvalue weighted by molar-refractivity contribution is 0.670. The van der Waals surface area contributed by atoms with E-state index in [2.05, 4.69) is 181 Å². The molecule has 0 N–H and O–H groups in total. The maximum absolute atomic E-state index is 6.34. The van der Waals surface area contributed by atoms with Gasteiger partial charge in [-0.2, -0.15) is 0 Å². The van der Waals surface area contributed by atoms with Gasteiger partial charge in [0.15, 0.2) is 52.4 Å². The largest absolute Gasteiger partial charge is 0.455 e. The van der Waals surface area contributed by atoms with Crippen LogP contribution in [-0.2, 0) is 0 Å². The molecule has 590 valence electrons. The van der Waals surface area contributed by atoms with Gasteiger partial charge in [-0.3, -0.25) is 4.98 Å². The van der Waals surface area contributed by atoms with E-state index >= 15 is 0 Å². The van der Waals surface area contributed by atoms with E-state index in [1.54, 1.807) is 28.9 Å². The summed E-state index contributed by atoms with van der Waals surface area (Å²) in [6, 6.07) is 135. The molecule has 0 unspecified atom stereocenters. The quantitative estimate of drug-likeness (QED) is 0.106. The number of para-hydroxylation sites is 2. The van der Waals surface area contributed by atoms with Crippen molar-refractivity contribution in [2.75, 3.05) is 0 Å². The van der Waals surface area contributed by atoms with E-state index in [0.29, 0.717) is 52.4 Å². The first-order valence-corrected chi connectivity index (χ1v) is 43.8. The van der Waals surface area contributed by atoms with Crippen molar-refractivity contribution in [3.8, 4) is 134 Å². The van der Waals surface area contributed by atoms with Crippen molar-refractivity contribution in [3.05, 3.63) is 401 Å². The molecule has 25 rings (SSSR count). The summed E-state index contributed by atoms with van der Waals surface area (Å²) >= 11 is 5.18. The highest BCUT2D eigenvalue weighted by molar-refractivity contribution is 7.23. The molecule has 0 aliphatic rings. The van der Waals surface area contributed by atoms with Crippen LogP contribution in [0.15, 0.2) is 405 Å². The van der Waals surface area contributed by atoms with Gasteiger partial charge >= 0.3 is 0 Å². The number of hydrogen-bond acceptors (Lipinski definition) is 16. The van der Waals surface area contributed by atoms with Crippen LogP contribution in [0, 0.1) is 0 Å². The van der Waals surface area contributed by atoms with Crippen LogP contribution in [0.1, 0.15) is 0 Å². The van der Waals surface area contributed by atoms with E-state index in [1.807, 2.05) is 230 Å². The molecule has 0 bridgehead atoms. The van der Waals surface area contributed by atoms with E-state index in [1.165, 1.54) is 52.8 Å². The van der Waals surface area contributed by atoms with Crippen LogP contribution >= 0.6 is 34.0 Å². The van der Waals surface area contributed by atoms with Crippen molar-refractivity contribution in [2.24, 2.45) is 0 Å². The van der Waals surface area contributed by atoms with Gasteiger partial charge in [-0.25, -0.2) is 54.8 Å². The van der Waals surface area contributed by atoms with Crippen LogP contribution in [0.5, 0.6) is 0 Å². The molecule has 13 nitrogen and oxygen atoms in total. The molecule has 126 heavy (non-hydrogen) atoms. The molecule has 16 heteroatoms. The Morgan fingerprint density at radius 3 is 1.05 bits per heavy atom. The van der Waals surface area contributed by atoms with Crippen molar-refractivity contribution in [3.63, 3.8) is 0 Å². The van der Waals surface area contributed by atoms with Crippen LogP contribution in [0.2, 0.25) is 0 Å². The van der Waals surface area contributed by atoms with E-state index in [-0.39, 0.29) is 0 Å². The Labute approximate surface area is 733 Å². The van der Waals surface area contributed by atoms with Gasteiger partial charge in [0, 0.05) is 98.3 Å². The van der Waals surface area contributed by atoms with E-state index in [0.717, 1.165) is 135 Å². The zero-order valence-corrected chi connectivity index (χ0v) is 69.6. The van der Waals surface area contributed by atoms with Crippen molar-refractivity contribution in [1.82, 2.24) is 59.8 Å². The lowest BCUT2D eigenvalue weighted by Crippen LogP contribution is -2.00. The molecular weight excluding hydrogens is 1600 g/mol. The minimum atomic E-state index is 0.624. The standard InChI is InChI=1S/C41H25N3S.C38H22N4OS.C31H19N5S/c1-3-11-27(12-4-1)39-42-40(28-13-5-2-6-14-28)44-41(43-39)30-20-19-26-21-22-37-36(34(26)24-30)25-38(45-37)35-23-29-15-7-8-16-31(29)32-17-9-10-18-33(32)35;1-3-10-24(11-4-1)35-40-36(25-12-5-2-6-13-25)42-37(41-35)26-19-18-23-20-21-32-33(30(23)22-26)39-38(44-32)29-16-9-15-28-27-14-7-8-17-31(27)43-34(28)29;1-3-9-21(10-4-1)28-34-29(22-11-5-2-6-12-22)36-30(35-28)23-15-14-20-16-17-26-27(24(20)19-23)33-31(37-26)25-13-7-8-18-32-25/h1-25H;1-22H;1-19H. The maximum atomic E-state index is 6.34. The molecular formula is C110H66N12OS3. The second-order valence-corrected chi connectivity index (χ2v) is 33.7. The van der Waals surface area contributed by atoms with Crippen LogP contribution in [-0.4, -0.2) is 59.8 Å². The van der Waals surface area contributed by atoms with Crippen molar-refractivity contribution < 1.29 is 4.42 Å². The smallest absolute Gasteiger partial charge is 0.164 e. The molecule has 0 amide bonds. The summed E-state index contributed by atoms with van der Waals surface area (Å²) in [6.45, 7) is 0. The van der Waals surface area contributed by atoms with Crippen molar-refractivity contribution >= 4 is 140 Å². The second kappa shape index (κ2) is 32.3. The topological polar surface area (TPSA) is 168 Å². The molecule has 0 aliphatic heterocycles. The number of thiazole rings is 2. The first-order valence-electron chi connectivity index (χ1n) is 41.4. The van der Waals surface area contributed by atoms with E-state index < -0.39 is 0 Å². The summed E-state index contributed by atoms with van der Waals surface area (Å²) in [7, 11) is 0. The van der Waals surface area contributed by atoms with Gasteiger partial charge in [0.2, 0.25) is 0 Å². The molecule has 0 radical (unpaired) electrons. The highest BCUT2D eigenvalue weighted by Gasteiger charge is 2.23. The number of aromatic nitrogens is 12. The van der Waals surface area contributed by atoms with Crippen molar-refractivity contribution in [1.29, 1.82) is 0 Å². The third-order valence-corrected chi connectivity index (χ3v) is 25.9. The summed E-state index contributed by atoms with van der Waals surface area (Å²) in [5.41, 5.74) is 15.3. The number of fused-ring (bicyclic) bond motifs is 15. The Kier molecular flexibility index (Phi) is 19.2. The number of furan rings is 1. The Morgan fingerprint density at radius 2 is 0.571 bits per heavy atom. The minimum absolute atomic E-state index is 0.624. The molecule has 0 aliphatic carbocycles. The Balaban J connectivity index is 0.000000109. The van der Waals surface area contributed by atoms with Gasteiger partial charge in [0.25, 0.3) is 0 Å². The molecule has 0 saturated heterocycles. The molecule has 0 spiro atoms. The molecule has 0 saturated carbocycles. The number of rotatable bonds is 12. The van der Waals surface area contributed by atoms with Crippen LogP contribution in [0.4, 0.5) is 0 Å². The first-order chi connectivity index (χ1) is 62.4. The highest BCUT2D eigenvalue weighted by Crippen LogP contribution is 2.46. The van der Waals surface area contributed by atoms with E-state index in [9.17, 15) is 0 Å². The van der Waals surface area contributed by atoms with Gasteiger partial charge in [-0.05, 0) is 116 Å². The summed E-state index contributed by atoms with van der Waals surface area (Å²) < 4.78 is 9.83. The van der Waals surface area contributed by atoms with Gasteiger partial charge < -0.3 is 4.42 Å². The molecule has 25 aromatic rings. The number of hydrogen-bond donors (Lipinski definition) is 0. The van der Waals surface area contributed by atoms with E-state index in [4.69, 9.17) is 59.2 Å². The van der Waals surface area contributed by atoms with Crippen LogP contribution < -0.4 is 0 Å². The fourth-order valence-corrected chi connectivity index (χ4v) is 19.6. The zero-order valence-electron chi connectivity index (χ0n) is 67.1. The normalized spacial score (nSPS) is 11.5. The molecule has 17 aromatic carbocycles. The maximum Gasteiger partial charge on any atom is 0.164 e. The van der Waals surface area contributed by atoms with Crippen LogP contribution in [0.25, 0.3) is 241 Å². The first kappa shape index (κ1) is 74.8. The predicted molar refractivity (Wildman–Crippen MR) is 519 cm³/mol. The monoisotopic (exact) mass is 1670 g/mol. The van der Waals surface area contributed by atoms with Crippen LogP contribution in [0.3, 0.4) is 0 Å². The highest BCUT2D eigenvalue weighted by atomic mass is 32.1. The van der Waals surface area contributed by atoms with Gasteiger partial charge in [0.05, 0.1) is 31.7 Å². The number of pyridine rings is 1.